The SMILES string of the molecule is C[Si](C)(C)C.C[Si](C)(C)C.[Na]. The van der Waals surface area contributed by atoms with E-state index in [1.165, 1.54) is 0 Å². The minimum atomic E-state index is -0.611. The zero-order valence-electron chi connectivity index (χ0n) is 10.0. The smallest absolute Gasteiger partial charge is 0.0411 e. The van der Waals surface area contributed by atoms with E-state index in [1.807, 2.05) is 0 Å². The van der Waals surface area contributed by atoms with Gasteiger partial charge in [0.15, 0.2) is 0 Å². The monoisotopic (exact) mass is 199 g/mol. The molecule has 11 heavy (non-hydrogen) atoms. The van der Waals surface area contributed by atoms with E-state index in [1.54, 1.807) is 0 Å². The molecule has 0 aliphatic rings. The van der Waals surface area contributed by atoms with E-state index in [0.29, 0.717) is 0 Å². The maximum absolute atomic E-state index is 2.33. The van der Waals surface area contributed by atoms with Crippen molar-refractivity contribution in [3.8, 4) is 0 Å². The Kier molecular flexibility index (Phi) is 11.5. The summed E-state index contributed by atoms with van der Waals surface area (Å²) < 4.78 is 0. The average molecular weight is 199 g/mol. The van der Waals surface area contributed by atoms with Gasteiger partial charge in [-0.3, -0.25) is 0 Å². The molecule has 0 bridgehead atoms. The summed E-state index contributed by atoms with van der Waals surface area (Å²) in [6, 6.07) is 0. The van der Waals surface area contributed by atoms with Gasteiger partial charge in [-0.05, 0) is 0 Å². The fourth-order valence-corrected chi connectivity index (χ4v) is 0. The first-order valence-corrected chi connectivity index (χ1v) is 12.0. The van der Waals surface area contributed by atoms with Crippen molar-refractivity contribution in [2.45, 2.75) is 52.4 Å². The predicted octanol–water partition coefficient (Wildman–Crippen LogP) is 3.53. The minimum Gasteiger partial charge on any atom is -0.0697 e. The van der Waals surface area contributed by atoms with Gasteiger partial charge in [0.1, 0.15) is 0 Å². The van der Waals surface area contributed by atoms with Gasteiger partial charge in [0.25, 0.3) is 0 Å². The van der Waals surface area contributed by atoms with Crippen LogP contribution in [0.1, 0.15) is 0 Å². The first kappa shape index (κ1) is 18.3. The van der Waals surface area contributed by atoms with Gasteiger partial charge >= 0.3 is 0 Å². The summed E-state index contributed by atoms with van der Waals surface area (Å²) in [5, 5.41) is 0. The van der Waals surface area contributed by atoms with Crippen LogP contribution in [0.25, 0.3) is 0 Å². The number of rotatable bonds is 0. The van der Waals surface area contributed by atoms with Crippen LogP contribution in [0, 0.1) is 0 Å². The van der Waals surface area contributed by atoms with Gasteiger partial charge < -0.3 is 0 Å². The third-order valence-electron chi connectivity index (χ3n) is 0. The molecule has 0 amide bonds. The fourth-order valence-electron chi connectivity index (χ4n) is 0. The van der Waals surface area contributed by atoms with Crippen molar-refractivity contribution in [2.75, 3.05) is 0 Å². The van der Waals surface area contributed by atoms with Gasteiger partial charge in [-0.2, -0.15) is 0 Å². The van der Waals surface area contributed by atoms with Crippen LogP contribution >= 0.6 is 0 Å². The first-order valence-electron chi connectivity index (χ1n) is 4.00. The normalized spacial score (nSPS) is 10.9. The molecule has 0 aromatic rings. The Balaban J connectivity index is -0.000000107. The van der Waals surface area contributed by atoms with Crippen LogP contribution in [-0.2, 0) is 0 Å². The number of hydrogen-bond acceptors (Lipinski definition) is 0. The third-order valence-corrected chi connectivity index (χ3v) is 0. The molecule has 0 aliphatic carbocycles. The maximum atomic E-state index is 2.33. The first-order chi connectivity index (χ1) is 4.00. The molecular formula is C8H24NaSi2. The van der Waals surface area contributed by atoms with Crippen LogP contribution in [0.5, 0.6) is 0 Å². The van der Waals surface area contributed by atoms with E-state index in [2.05, 4.69) is 52.4 Å². The van der Waals surface area contributed by atoms with Crippen LogP contribution in [0.15, 0.2) is 0 Å². The summed E-state index contributed by atoms with van der Waals surface area (Å²) in [5.74, 6) is 0. The van der Waals surface area contributed by atoms with Crippen molar-refractivity contribution in [1.29, 1.82) is 0 Å². The van der Waals surface area contributed by atoms with Crippen LogP contribution in [0.4, 0.5) is 0 Å². The van der Waals surface area contributed by atoms with Gasteiger partial charge in [0.05, 0.1) is 0 Å². The average Bonchev–Trinajstić information content (AvgIpc) is 1.12. The summed E-state index contributed by atoms with van der Waals surface area (Å²) in [5.41, 5.74) is 0. The van der Waals surface area contributed by atoms with Gasteiger partial charge in [-0.25, -0.2) is 0 Å². The molecule has 0 saturated heterocycles. The molecule has 65 valence electrons. The fraction of sp³-hybridized carbons (Fsp3) is 1.00. The van der Waals surface area contributed by atoms with Crippen LogP contribution < -0.4 is 0 Å². The largest absolute Gasteiger partial charge is 0.0697 e. The van der Waals surface area contributed by atoms with Gasteiger partial charge in [0, 0.05) is 45.7 Å². The Labute approximate surface area is 97.5 Å². The zero-order valence-corrected chi connectivity index (χ0v) is 14.0. The molecule has 0 saturated carbocycles. The third kappa shape index (κ3) is 495. The Bertz CT molecular complexity index is 55.1. The second-order valence-electron chi connectivity index (χ2n) is 6.00. The van der Waals surface area contributed by atoms with E-state index in [4.69, 9.17) is 0 Å². The van der Waals surface area contributed by atoms with Gasteiger partial charge in [-0.1, -0.05) is 52.4 Å². The predicted molar refractivity (Wildman–Crippen MR) is 64.2 cm³/mol. The molecular weight excluding hydrogens is 175 g/mol. The van der Waals surface area contributed by atoms with Crippen molar-refractivity contribution in [3.05, 3.63) is 0 Å². The quantitative estimate of drug-likeness (QED) is 0.524. The van der Waals surface area contributed by atoms with Crippen LogP contribution in [0.2, 0.25) is 52.4 Å². The molecule has 0 aromatic heterocycles. The Morgan fingerprint density at radius 2 is 0.455 bits per heavy atom. The van der Waals surface area contributed by atoms with E-state index in [9.17, 15) is 0 Å². The van der Waals surface area contributed by atoms with Gasteiger partial charge in [0.2, 0.25) is 0 Å². The van der Waals surface area contributed by atoms with Crippen molar-refractivity contribution in [2.24, 2.45) is 0 Å². The van der Waals surface area contributed by atoms with E-state index < -0.39 is 16.1 Å². The zero-order chi connectivity index (χ0) is 9.00. The minimum absolute atomic E-state index is 0. The summed E-state index contributed by atoms with van der Waals surface area (Å²) in [4.78, 5) is 0. The number of hydrogen-bond donors (Lipinski definition) is 0. The van der Waals surface area contributed by atoms with Gasteiger partial charge in [-0.15, -0.1) is 0 Å². The molecule has 3 heteroatoms. The Morgan fingerprint density at radius 1 is 0.455 bits per heavy atom. The summed E-state index contributed by atoms with van der Waals surface area (Å²) in [6.45, 7) is 18.6. The second kappa shape index (κ2) is 6.90. The van der Waals surface area contributed by atoms with Crippen molar-refractivity contribution >= 4 is 45.7 Å². The van der Waals surface area contributed by atoms with Crippen molar-refractivity contribution < 1.29 is 0 Å². The second-order valence-corrected chi connectivity index (χ2v) is 18.0. The molecule has 0 unspecified atom stereocenters. The molecule has 0 atom stereocenters. The maximum Gasteiger partial charge on any atom is 0.0411 e. The Morgan fingerprint density at radius 3 is 0.455 bits per heavy atom. The van der Waals surface area contributed by atoms with E-state index in [-0.39, 0.29) is 29.6 Å². The van der Waals surface area contributed by atoms with Crippen LogP contribution in [-0.4, -0.2) is 45.7 Å². The molecule has 0 rings (SSSR count). The molecule has 0 fully saturated rings. The summed E-state index contributed by atoms with van der Waals surface area (Å²) in [6.07, 6.45) is 0. The molecule has 0 aliphatic heterocycles. The molecule has 0 spiro atoms. The molecule has 0 N–H and O–H groups in total. The molecule has 0 heterocycles. The van der Waals surface area contributed by atoms with E-state index in [0.717, 1.165) is 0 Å². The molecule has 0 nitrogen and oxygen atoms in total. The van der Waals surface area contributed by atoms with Crippen molar-refractivity contribution in [1.82, 2.24) is 0 Å². The molecule has 0 aromatic carbocycles. The van der Waals surface area contributed by atoms with E-state index >= 15 is 0 Å². The standard InChI is InChI=1S/2C4H12Si.Na/c2*1-5(2,3)4;/h2*1-4H3;. The molecule has 1 radical (unpaired) electrons. The van der Waals surface area contributed by atoms with Crippen LogP contribution in [0.3, 0.4) is 0 Å². The topological polar surface area (TPSA) is 0 Å². The summed E-state index contributed by atoms with van der Waals surface area (Å²) >= 11 is 0. The summed E-state index contributed by atoms with van der Waals surface area (Å²) in [7, 11) is -1.22. The van der Waals surface area contributed by atoms with Crippen molar-refractivity contribution in [3.63, 3.8) is 0 Å². The Hall–Kier alpha value is 1.43.